The van der Waals surface area contributed by atoms with E-state index in [1.807, 2.05) is 18.9 Å². The van der Waals surface area contributed by atoms with Crippen LogP contribution in [0.4, 0.5) is 0 Å². The summed E-state index contributed by atoms with van der Waals surface area (Å²) < 4.78 is 0. The first-order chi connectivity index (χ1) is 8.90. The number of likely N-dealkylation sites (tertiary alicyclic amines) is 1. The highest BCUT2D eigenvalue weighted by Gasteiger charge is 2.24. The third kappa shape index (κ3) is 7.28. The number of nitrogens with zero attached hydrogens (tertiary/aromatic N) is 2. The van der Waals surface area contributed by atoms with Crippen molar-refractivity contribution < 1.29 is 0 Å². The largest absolute Gasteiger partial charge is 0.301 e. The third-order valence-electron chi connectivity index (χ3n) is 4.33. The van der Waals surface area contributed by atoms with Crippen LogP contribution in [0.5, 0.6) is 0 Å². The van der Waals surface area contributed by atoms with Gasteiger partial charge in [-0.3, -0.25) is 5.84 Å². The number of piperidine rings is 1. The summed E-state index contributed by atoms with van der Waals surface area (Å²) in [4.78, 5) is 2.49. The molecular weight excluding hydrogens is 234 g/mol. The van der Waals surface area contributed by atoms with E-state index in [0.717, 1.165) is 37.0 Å². The van der Waals surface area contributed by atoms with Gasteiger partial charge < -0.3 is 4.90 Å². The van der Waals surface area contributed by atoms with Crippen LogP contribution in [0.2, 0.25) is 0 Å². The van der Waals surface area contributed by atoms with E-state index >= 15 is 0 Å². The molecule has 0 aromatic rings. The summed E-state index contributed by atoms with van der Waals surface area (Å²) in [6.07, 6.45) is 4.03. The lowest BCUT2D eigenvalue weighted by Crippen LogP contribution is -2.43. The Labute approximate surface area is 121 Å². The quantitative estimate of drug-likeness (QED) is 0.686. The van der Waals surface area contributed by atoms with Gasteiger partial charge in [-0.25, -0.2) is 5.01 Å². The van der Waals surface area contributed by atoms with Gasteiger partial charge in [0.25, 0.3) is 0 Å². The molecule has 19 heavy (non-hydrogen) atoms. The molecule has 2 aliphatic heterocycles. The minimum atomic E-state index is 0.791. The minimum Gasteiger partial charge on any atom is -0.301 e. The van der Waals surface area contributed by atoms with E-state index < -0.39 is 0 Å². The average Bonchev–Trinajstić information content (AvgIpc) is 2.73. The second kappa shape index (κ2) is 9.73. The van der Waals surface area contributed by atoms with Crippen LogP contribution in [-0.2, 0) is 0 Å². The summed E-state index contributed by atoms with van der Waals surface area (Å²) in [5, 5.41) is 1.88. The second-order valence-electron chi connectivity index (χ2n) is 6.33. The molecule has 0 aromatic heterocycles. The van der Waals surface area contributed by atoms with Gasteiger partial charge in [0.1, 0.15) is 0 Å². The number of hydrogen-bond donors (Lipinski definition) is 1. The van der Waals surface area contributed by atoms with E-state index in [0.29, 0.717) is 0 Å². The van der Waals surface area contributed by atoms with Gasteiger partial charge >= 0.3 is 0 Å². The van der Waals surface area contributed by atoms with E-state index in [1.54, 1.807) is 0 Å². The first-order valence-corrected chi connectivity index (χ1v) is 8.11. The molecule has 0 spiro atoms. The van der Waals surface area contributed by atoms with Crippen molar-refractivity contribution in [3.05, 3.63) is 0 Å². The molecule has 116 valence electrons. The number of rotatable bonds is 0. The fourth-order valence-electron chi connectivity index (χ4n) is 3.00. The molecule has 2 rings (SSSR count). The summed E-state index contributed by atoms with van der Waals surface area (Å²) in [6, 6.07) is 1.58. The molecule has 2 N–H and O–H groups in total. The number of nitrogens with two attached hydrogens (primary N) is 1. The zero-order valence-electron chi connectivity index (χ0n) is 14.3. The normalized spacial score (nSPS) is 36.0. The maximum atomic E-state index is 5.46. The van der Waals surface area contributed by atoms with Crippen molar-refractivity contribution in [2.24, 2.45) is 17.7 Å². The van der Waals surface area contributed by atoms with Gasteiger partial charge in [-0.05, 0) is 52.0 Å². The van der Waals surface area contributed by atoms with Crippen LogP contribution in [0.15, 0.2) is 0 Å². The molecule has 0 aromatic carbocycles. The van der Waals surface area contributed by atoms with Crippen molar-refractivity contribution in [2.45, 2.75) is 72.9 Å². The predicted octanol–water partition coefficient (Wildman–Crippen LogP) is 3.35. The Morgan fingerprint density at radius 3 is 1.63 bits per heavy atom. The Balaban J connectivity index is 0.000000316. The van der Waals surface area contributed by atoms with Crippen LogP contribution in [0.25, 0.3) is 0 Å². The number of hydrogen-bond acceptors (Lipinski definition) is 3. The summed E-state index contributed by atoms with van der Waals surface area (Å²) in [6.45, 7) is 15.4. The molecule has 2 saturated heterocycles. The molecule has 0 aliphatic carbocycles. The minimum absolute atomic E-state index is 0.791. The first kappa shape index (κ1) is 18.9. The van der Waals surface area contributed by atoms with E-state index in [-0.39, 0.29) is 0 Å². The maximum absolute atomic E-state index is 5.46. The Hall–Kier alpha value is -0.120. The standard InChI is InChI=1S/C9H19N.C5H12N2.C2H6/c1-7-5-8(2)10(4)9(3)6-7;1-5-2-3-7(6)4-5;1-2/h7-9H,5-6H2,1-4H3;5H,2-4,6H2,1H3;1-2H3. The first-order valence-electron chi connectivity index (χ1n) is 8.11. The molecule has 0 amide bonds. The van der Waals surface area contributed by atoms with Crippen molar-refractivity contribution in [3.8, 4) is 0 Å². The molecule has 3 nitrogen and oxygen atoms in total. The van der Waals surface area contributed by atoms with E-state index in [4.69, 9.17) is 5.84 Å². The molecular formula is C16H37N3. The molecule has 2 heterocycles. The zero-order chi connectivity index (χ0) is 15.0. The molecule has 3 heteroatoms. The molecule has 2 fully saturated rings. The van der Waals surface area contributed by atoms with Crippen LogP contribution in [0.1, 0.15) is 60.8 Å². The maximum Gasteiger partial charge on any atom is 0.0154 e. The summed E-state index contributed by atoms with van der Waals surface area (Å²) in [7, 11) is 2.24. The third-order valence-corrected chi connectivity index (χ3v) is 4.33. The Kier molecular flexibility index (Phi) is 9.67. The monoisotopic (exact) mass is 271 g/mol. The van der Waals surface area contributed by atoms with Crippen LogP contribution < -0.4 is 5.84 Å². The highest BCUT2D eigenvalue weighted by Crippen LogP contribution is 2.25. The van der Waals surface area contributed by atoms with Gasteiger partial charge in [-0.1, -0.05) is 27.7 Å². The fraction of sp³-hybridized carbons (Fsp3) is 1.00. The van der Waals surface area contributed by atoms with Crippen molar-refractivity contribution in [2.75, 3.05) is 20.1 Å². The zero-order valence-corrected chi connectivity index (χ0v) is 14.3. The van der Waals surface area contributed by atoms with Crippen molar-refractivity contribution in [1.82, 2.24) is 9.91 Å². The van der Waals surface area contributed by atoms with Gasteiger partial charge in [0.05, 0.1) is 0 Å². The molecule has 3 unspecified atom stereocenters. The molecule has 0 bridgehead atoms. The van der Waals surface area contributed by atoms with Gasteiger partial charge in [0.15, 0.2) is 0 Å². The van der Waals surface area contributed by atoms with Crippen LogP contribution >= 0.6 is 0 Å². The van der Waals surface area contributed by atoms with Gasteiger partial charge in [0, 0.05) is 25.2 Å². The molecule has 0 saturated carbocycles. The van der Waals surface area contributed by atoms with Crippen LogP contribution in [-0.4, -0.2) is 42.1 Å². The van der Waals surface area contributed by atoms with Gasteiger partial charge in [0.2, 0.25) is 0 Å². The topological polar surface area (TPSA) is 32.5 Å². The van der Waals surface area contributed by atoms with Crippen LogP contribution in [0, 0.1) is 11.8 Å². The van der Waals surface area contributed by atoms with E-state index in [1.165, 1.54) is 19.3 Å². The highest BCUT2D eigenvalue weighted by atomic mass is 15.4. The number of hydrazine groups is 1. The average molecular weight is 271 g/mol. The predicted molar refractivity (Wildman–Crippen MR) is 86.0 cm³/mol. The Morgan fingerprint density at radius 1 is 0.895 bits per heavy atom. The van der Waals surface area contributed by atoms with Crippen molar-refractivity contribution in [1.29, 1.82) is 0 Å². The molecule has 3 atom stereocenters. The molecule has 2 aliphatic rings. The fourth-order valence-corrected chi connectivity index (χ4v) is 3.00. The lowest BCUT2D eigenvalue weighted by Gasteiger charge is -2.39. The van der Waals surface area contributed by atoms with Gasteiger partial charge in [-0.15, -0.1) is 0 Å². The van der Waals surface area contributed by atoms with Crippen molar-refractivity contribution >= 4 is 0 Å². The van der Waals surface area contributed by atoms with Crippen LogP contribution in [0.3, 0.4) is 0 Å². The van der Waals surface area contributed by atoms with Gasteiger partial charge in [-0.2, -0.15) is 0 Å². The highest BCUT2D eigenvalue weighted by molar-refractivity contribution is 4.79. The van der Waals surface area contributed by atoms with E-state index in [9.17, 15) is 0 Å². The molecule has 0 radical (unpaired) electrons. The second-order valence-corrected chi connectivity index (χ2v) is 6.33. The van der Waals surface area contributed by atoms with Crippen molar-refractivity contribution in [3.63, 3.8) is 0 Å². The lowest BCUT2D eigenvalue weighted by atomic mass is 9.89. The summed E-state index contributed by atoms with van der Waals surface area (Å²) in [5.74, 6) is 7.21. The Morgan fingerprint density at radius 2 is 1.37 bits per heavy atom. The summed E-state index contributed by atoms with van der Waals surface area (Å²) in [5.41, 5.74) is 0. The SMILES string of the molecule is CC.CC1CC(C)N(C)C(C)C1.CC1CCN(N)C1. The lowest BCUT2D eigenvalue weighted by molar-refractivity contribution is 0.105. The Bertz CT molecular complexity index is 200. The smallest absolute Gasteiger partial charge is 0.0154 e. The summed E-state index contributed by atoms with van der Waals surface area (Å²) >= 11 is 0. The van der Waals surface area contributed by atoms with E-state index in [2.05, 4.69) is 39.6 Å².